The second kappa shape index (κ2) is 20.6. The van der Waals surface area contributed by atoms with Gasteiger partial charge in [0.2, 0.25) is 0 Å². The molecule has 0 bridgehead atoms. The van der Waals surface area contributed by atoms with Crippen molar-refractivity contribution in [2.75, 3.05) is 13.2 Å². The van der Waals surface area contributed by atoms with Gasteiger partial charge in [0.05, 0.1) is 34.5 Å². The van der Waals surface area contributed by atoms with Gasteiger partial charge in [-0.2, -0.15) is 18.6 Å². The molecule has 60 heavy (non-hydrogen) atoms. The zero-order valence-electron chi connectivity index (χ0n) is 35.1. The van der Waals surface area contributed by atoms with Crippen molar-refractivity contribution >= 4 is 33.3 Å². The van der Waals surface area contributed by atoms with Gasteiger partial charge in [-0.05, 0) is 110 Å². The standard InChI is InChI=1S/C25H29ClN2O6S.C18H23ClN2O4/c1-17-6-12-21(13-7-17)35(30,31)34-18(2)15-32-20-10-8-19(9-11-20)16-33-22-14-27-28(25(3,4)5)24(29)23(22)26;1-12(22)10-24-14-7-5-13(6-8-14)11-25-15-9-20-21(18(2,3)4)17(23)16(15)19/h6-14,18H,15-16H2,1-5H3;5-9,12,22H,10-11H2,1-4H3. The lowest BCUT2D eigenvalue weighted by molar-refractivity contribution is 0.122. The summed E-state index contributed by atoms with van der Waals surface area (Å²) in [5.74, 6) is 1.67. The van der Waals surface area contributed by atoms with Crippen molar-refractivity contribution in [3.8, 4) is 23.0 Å². The maximum Gasteiger partial charge on any atom is 0.297 e. The number of aliphatic hydroxyl groups is 1. The summed E-state index contributed by atoms with van der Waals surface area (Å²) in [6.45, 7) is 17.1. The van der Waals surface area contributed by atoms with Crippen molar-refractivity contribution in [3.05, 3.63) is 133 Å². The average Bonchev–Trinajstić information content (AvgIpc) is 3.17. The Labute approximate surface area is 360 Å². The Balaban J connectivity index is 0.000000280. The highest BCUT2D eigenvalue weighted by molar-refractivity contribution is 7.86. The van der Waals surface area contributed by atoms with Crippen LogP contribution < -0.4 is 30.1 Å². The molecule has 17 heteroatoms. The number of aromatic nitrogens is 4. The molecule has 0 aliphatic rings. The Bertz CT molecular complexity index is 2410. The molecule has 324 valence electrons. The highest BCUT2D eigenvalue weighted by Gasteiger charge is 2.22. The summed E-state index contributed by atoms with van der Waals surface area (Å²) in [7, 11) is -3.87. The van der Waals surface area contributed by atoms with Gasteiger partial charge in [0.25, 0.3) is 21.2 Å². The molecule has 0 fully saturated rings. The van der Waals surface area contributed by atoms with E-state index in [0.717, 1.165) is 16.7 Å². The predicted octanol–water partition coefficient (Wildman–Crippen LogP) is 7.70. The van der Waals surface area contributed by atoms with Crippen molar-refractivity contribution < 1.29 is 36.7 Å². The molecule has 2 aromatic heterocycles. The van der Waals surface area contributed by atoms with Gasteiger partial charge in [-0.15, -0.1) is 0 Å². The highest BCUT2D eigenvalue weighted by atomic mass is 35.5. The van der Waals surface area contributed by atoms with E-state index >= 15 is 0 Å². The minimum Gasteiger partial charge on any atom is -0.491 e. The molecule has 0 saturated carbocycles. The lowest BCUT2D eigenvalue weighted by atomic mass is 10.1. The zero-order valence-corrected chi connectivity index (χ0v) is 37.5. The number of benzene rings is 3. The molecule has 1 N–H and O–H groups in total. The summed E-state index contributed by atoms with van der Waals surface area (Å²) < 4.78 is 55.0. The predicted molar refractivity (Wildman–Crippen MR) is 230 cm³/mol. The van der Waals surface area contributed by atoms with Crippen LogP contribution in [-0.4, -0.2) is 58.5 Å². The Morgan fingerprint density at radius 2 is 1.05 bits per heavy atom. The highest BCUT2D eigenvalue weighted by Crippen LogP contribution is 2.24. The number of nitrogens with zero attached hydrogens (tertiary/aromatic N) is 4. The van der Waals surface area contributed by atoms with Gasteiger partial charge < -0.3 is 24.1 Å². The SMILES string of the molecule is CC(O)COc1ccc(COc2cnn(C(C)(C)C)c(=O)c2Cl)cc1.Cc1ccc(S(=O)(=O)OC(C)COc2ccc(COc3cnn(C(C)(C)C)c(=O)c3Cl)cc2)cc1. The molecule has 2 atom stereocenters. The van der Waals surface area contributed by atoms with Crippen molar-refractivity contribution in [3.63, 3.8) is 0 Å². The fraction of sp³-hybridized carbons (Fsp3) is 0.395. The molecular formula is C43H52Cl2N4O10S. The first-order chi connectivity index (χ1) is 28.0. The number of halogens is 2. The molecule has 5 aromatic rings. The summed E-state index contributed by atoms with van der Waals surface area (Å²) in [5.41, 5.74) is 0.917. The van der Waals surface area contributed by atoms with E-state index in [9.17, 15) is 23.1 Å². The van der Waals surface area contributed by atoms with Crippen LogP contribution in [0.2, 0.25) is 10.0 Å². The summed E-state index contributed by atoms with van der Waals surface area (Å²) in [6.07, 6.45) is 1.68. The summed E-state index contributed by atoms with van der Waals surface area (Å²) in [4.78, 5) is 24.8. The molecule has 0 saturated heterocycles. The first-order valence-corrected chi connectivity index (χ1v) is 21.2. The van der Waals surface area contributed by atoms with E-state index in [1.54, 1.807) is 62.4 Å². The summed E-state index contributed by atoms with van der Waals surface area (Å²) in [5, 5.41) is 17.5. The third-order valence-electron chi connectivity index (χ3n) is 8.26. The number of aliphatic hydroxyl groups excluding tert-OH is 1. The Morgan fingerprint density at radius 1 is 0.650 bits per heavy atom. The Hall–Kier alpha value is -4.93. The molecule has 14 nitrogen and oxygen atoms in total. The van der Waals surface area contributed by atoms with Crippen molar-refractivity contribution in [1.82, 2.24) is 19.6 Å². The maximum absolute atomic E-state index is 12.4. The van der Waals surface area contributed by atoms with E-state index in [1.807, 2.05) is 60.6 Å². The van der Waals surface area contributed by atoms with Crippen LogP contribution in [-0.2, 0) is 38.6 Å². The second-order valence-electron chi connectivity index (χ2n) is 15.9. The minimum atomic E-state index is -3.87. The molecule has 0 spiro atoms. The third-order valence-corrected chi connectivity index (χ3v) is 10.4. The minimum absolute atomic E-state index is 0.0156. The Kier molecular flexibility index (Phi) is 16.4. The van der Waals surface area contributed by atoms with E-state index in [2.05, 4.69) is 10.2 Å². The number of aryl methyl sites for hydroxylation is 1. The van der Waals surface area contributed by atoms with Crippen LogP contribution in [0, 0.1) is 6.92 Å². The molecular weight excluding hydrogens is 835 g/mol. The fourth-order valence-electron chi connectivity index (χ4n) is 5.11. The summed E-state index contributed by atoms with van der Waals surface area (Å²) in [6, 6.07) is 20.8. The average molecular weight is 888 g/mol. The van der Waals surface area contributed by atoms with E-state index in [0.29, 0.717) is 11.5 Å². The van der Waals surface area contributed by atoms with Crippen LogP contribution in [0.1, 0.15) is 72.1 Å². The van der Waals surface area contributed by atoms with E-state index in [4.69, 9.17) is 46.3 Å². The Morgan fingerprint density at radius 3 is 1.43 bits per heavy atom. The summed E-state index contributed by atoms with van der Waals surface area (Å²) >= 11 is 12.3. The van der Waals surface area contributed by atoms with Gasteiger partial charge >= 0.3 is 0 Å². The van der Waals surface area contributed by atoms with Crippen molar-refractivity contribution in [1.29, 1.82) is 0 Å². The number of rotatable bonds is 15. The van der Waals surface area contributed by atoms with Gasteiger partial charge in [0.15, 0.2) is 21.5 Å². The van der Waals surface area contributed by atoms with Gasteiger partial charge in [0, 0.05) is 0 Å². The van der Waals surface area contributed by atoms with Crippen LogP contribution in [0.15, 0.2) is 99.7 Å². The monoisotopic (exact) mass is 886 g/mol. The second-order valence-corrected chi connectivity index (χ2v) is 18.3. The number of ether oxygens (including phenoxy) is 4. The van der Waals surface area contributed by atoms with E-state index < -0.39 is 39.0 Å². The van der Waals surface area contributed by atoms with Crippen molar-refractivity contribution in [2.45, 2.75) is 104 Å². The molecule has 0 amide bonds. The normalized spacial score (nSPS) is 12.8. The molecule has 0 radical (unpaired) electrons. The quantitative estimate of drug-likeness (QED) is 0.102. The molecule has 2 heterocycles. The lowest BCUT2D eigenvalue weighted by Gasteiger charge is -2.21. The fourth-order valence-corrected chi connectivity index (χ4v) is 6.55. The third kappa shape index (κ3) is 13.8. The van der Waals surface area contributed by atoms with Crippen LogP contribution in [0.3, 0.4) is 0 Å². The molecule has 3 aromatic carbocycles. The maximum atomic E-state index is 12.4. The molecule has 0 aliphatic heterocycles. The van der Waals surface area contributed by atoms with Crippen LogP contribution >= 0.6 is 23.2 Å². The topological polar surface area (TPSA) is 170 Å². The molecule has 0 aliphatic carbocycles. The number of hydrogen-bond donors (Lipinski definition) is 1. The lowest BCUT2D eigenvalue weighted by Crippen LogP contribution is -2.36. The van der Waals surface area contributed by atoms with Crippen molar-refractivity contribution in [2.24, 2.45) is 0 Å². The first-order valence-electron chi connectivity index (χ1n) is 19.0. The molecule has 2 unspecified atom stereocenters. The number of hydrogen-bond acceptors (Lipinski definition) is 12. The molecule has 5 rings (SSSR count). The largest absolute Gasteiger partial charge is 0.491 e. The van der Waals surface area contributed by atoms with Gasteiger partial charge in [-0.3, -0.25) is 13.8 Å². The van der Waals surface area contributed by atoms with Crippen LogP contribution in [0.5, 0.6) is 23.0 Å². The van der Waals surface area contributed by atoms with Gasteiger partial charge in [-0.25, -0.2) is 9.36 Å². The smallest absolute Gasteiger partial charge is 0.297 e. The first kappa shape index (κ1) is 47.7. The van der Waals surface area contributed by atoms with E-state index in [1.165, 1.54) is 33.9 Å². The van der Waals surface area contributed by atoms with Gasteiger partial charge in [-0.1, -0.05) is 65.2 Å². The van der Waals surface area contributed by atoms with E-state index in [-0.39, 0.29) is 58.4 Å². The van der Waals surface area contributed by atoms with Gasteiger partial charge in [0.1, 0.15) is 44.0 Å². The zero-order chi connectivity index (χ0) is 44.4. The van der Waals surface area contributed by atoms with Crippen LogP contribution in [0.25, 0.3) is 0 Å². The van der Waals surface area contributed by atoms with Crippen LogP contribution in [0.4, 0.5) is 0 Å².